The van der Waals surface area contributed by atoms with E-state index in [-0.39, 0.29) is 88.4 Å². The number of fused-ring (bicyclic) bond motifs is 1. The van der Waals surface area contributed by atoms with E-state index < -0.39 is 208 Å². The molecule has 682 valence electrons. The van der Waals surface area contributed by atoms with Gasteiger partial charge in [-0.3, -0.25) is 9.59 Å². The van der Waals surface area contributed by atoms with E-state index in [2.05, 4.69) is 47.5 Å². The van der Waals surface area contributed by atoms with Crippen LogP contribution in [0.5, 0.6) is 0 Å². The second-order valence-corrected chi connectivity index (χ2v) is 37.8. The zero-order valence-electron chi connectivity index (χ0n) is 72.7. The van der Waals surface area contributed by atoms with Crippen LogP contribution in [-0.2, 0) is 71.3 Å². The van der Waals surface area contributed by atoms with Crippen LogP contribution in [0, 0.1) is 47.3 Å². The summed E-state index contributed by atoms with van der Waals surface area (Å²) in [5, 5.41) is 136. The van der Waals surface area contributed by atoms with E-state index in [1.54, 1.807) is 104 Å². The summed E-state index contributed by atoms with van der Waals surface area (Å²) >= 11 is 7.25. The number of aliphatic hydroxyl groups excluding tert-OH is 6. The van der Waals surface area contributed by atoms with Gasteiger partial charge in [0.15, 0.2) is 25.2 Å². The van der Waals surface area contributed by atoms with Crippen LogP contribution in [-0.4, -0.2) is 305 Å². The molecule has 30 nitrogen and oxygen atoms in total. The highest BCUT2D eigenvalue weighted by atomic mass is 128. The Morgan fingerprint density at radius 2 is 0.863 bits per heavy atom. The number of cyclic esters (lactones) is 2. The maximum atomic E-state index is 14.4. The van der Waals surface area contributed by atoms with Crippen LogP contribution in [0.25, 0.3) is 0 Å². The van der Waals surface area contributed by atoms with Crippen molar-refractivity contribution in [3.8, 4) is 0 Å². The van der Waals surface area contributed by atoms with Gasteiger partial charge in [0.1, 0.15) is 47.8 Å². The predicted molar refractivity (Wildman–Crippen MR) is 464 cm³/mol. The molecule has 8 rings (SSSR count). The summed E-state index contributed by atoms with van der Waals surface area (Å²) in [6.45, 7) is 33.8. The quantitative estimate of drug-likeness (QED) is 0.0317. The molecule has 0 saturated carbocycles. The minimum Gasteiger partial charge on any atom is -0.459 e. The smallest absolute Gasteiger partial charge is 0.311 e. The molecule has 6 fully saturated rings. The van der Waals surface area contributed by atoms with Crippen molar-refractivity contribution in [2.24, 2.45) is 57.7 Å². The molecule has 0 amide bonds. The maximum absolute atomic E-state index is 14.4. The van der Waals surface area contributed by atoms with Crippen molar-refractivity contribution in [1.82, 2.24) is 9.80 Å². The molecule has 0 aromatic heterocycles. The number of benzene rings is 1. The summed E-state index contributed by atoms with van der Waals surface area (Å²) in [5.74, 6) is -8.29. The highest BCUT2D eigenvalue weighted by Crippen LogP contribution is 2.50. The Kier molecular flexibility index (Phi) is 41.9. The monoisotopic (exact) mass is 1950 g/mol. The number of carbonyl (C=O) groups excluding carboxylic acids is 2. The SMILES string of the molecule is C.CC[C@H]1OC(=O)[C@H](C)[C@@H](OC2CC(C)(OC)C(O)C(C)O2)[C@H](C)[C@@H](OC2OC(C)CC(N(C)C)C2O)[C@](C)(O)C[C@@H](C)/C(=N\O)[C@H](C)[C@@H](O)[C@]1(C)O.CC[C@H]1OC(=O)[C@H](C)[C@@H](OC2CC(C)(OC)C(O)C(C)O2)[C@H](C)[C@@H](OC2OC(C)CC(N(C)C)C2O)[C@](C)(O)C[C@@H](C)/C(=N\OC2Sc3ccccc3S2)[C@H](C)[C@@H](O)[C@]1(C)O.Cl.II. The van der Waals surface area contributed by atoms with Gasteiger partial charge < -0.3 is 128 Å². The molecular weight excluding hydrogens is 1810 g/mol. The lowest BCUT2D eigenvalue weighted by Gasteiger charge is -2.49. The fraction of sp³-hybridized carbons (Fsp3) is 0.878. The minimum atomic E-state index is -1.97. The Labute approximate surface area is 733 Å². The number of nitrogens with zero attached hydrogens (tertiary/aromatic N) is 4. The van der Waals surface area contributed by atoms with Crippen LogP contribution >= 0.6 is 73.2 Å². The van der Waals surface area contributed by atoms with Crippen molar-refractivity contribution in [2.75, 3.05) is 42.4 Å². The Bertz CT molecular complexity index is 3270. The fourth-order valence-corrected chi connectivity index (χ4v) is 20.6. The van der Waals surface area contributed by atoms with Crippen LogP contribution in [0.2, 0.25) is 0 Å². The summed E-state index contributed by atoms with van der Waals surface area (Å²) in [5.41, 5.74) is -9.07. The van der Waals surface area contributed by atoms with Gasteiger partial charge in [-0.1, -0.05) is 109 Å². The Morgan fingerprint density at radius 3 is 1.19 bits per heavy atom. The molecule has 0 radical (unpaired) electrons. The molecule has 35 heteroatoms. The number of hydrogen-bond donors (Lipinski definition) is 11. The Morgan fingerprint density at radius 1 is 0.521 bits per heavy atom. The minimum absolute atomic E-state index is 0. The van der Waals surface area contributed by atoms with Crippen molar-refractivity contribution in [1.29, 1.82) is 0 Å². The van der Waals surface area contributed by atoms with Gasteiger partial charge in [-0.25, -0.2) is 0 Å². The fourth-order valence-electron chi connectivity index (χ4n) is 18.2. The van der Waals surface area contributed by atoms with E-state index in [0.29, 0.717) is 18.6 Å². The Balaban J connectivity index is 0.000000480. The normalized spacial score (nSPS) is 45.8. The molecule has 117 heavy (non-hydrogen) atoms. The topological polar surface area (TPSA) is 408 Å². The van der Waals surface area contributed by atoms with Crippen molar-refractivity contribution in [3.63, 3.8) is 0 Å². The first-order valence-corrected chi connectivity index (χ1v) is 48.5. The molecule has 1 aromatic carbocycles. The highest BCUT2D eigenvalue weighted by Gasteiger charge is 2.57. The van der Waals surface area contributed by atoms with Gasteiger partial charge in [0.25, 0.3) is 0 Å². The molecule has 1 aromatic rings. The highest BCUT2D eigenvalue weighted by molar-refractivity contribution is 15.0. The van der Waals surface area contributed by atoms with Gasteiger partial charge in [0.2, 0.25) is 4.77 Å². The van der Waals surface area contributed by atoms with E-state index in [4.69, 9.17) is 61.7 Å². The van der Waals surface area contributed by atoms with E-state index >= 15 is 0 Å². The largest absolute Gasteiger partial charge is 0.459 e. The molecule has 6 saturated heterocycles. The molecular formula is C82H145ClI2N4O26S2. The van der Waals surface area contributed by atoms with Gasteiger partial charge in [0, 0.05) is 122 Å². The number of hydrogen-bond acceptors (Lipinski definition) is 32. The predicted octanol–water partition coefficient (Wildman–Crippen LogP) is 9.65. The average molecular weight is 1960 g/mol. The second-order valence-electron chi connectivity index (χ2n) is 35.3. The van der Waals surface area contributed by atoms with E-state index in [1.165, 1.54) is 51.6 Å². The van der Waals surface area contributed by atoms with Crippen LogP contribution < -0.4 is 0 Å². The van der Waals surface area contributed by atoms with E-state index in [0.717, 1.165) is 9.79 Å². The lowest BCUT2D eigenvalue weighted by molar-refractivity contribution is -0.318. The number of esters is 2. The molecule has 0 aliphatic carbocycles. The Hall–Kier alpha value is -1.33. The van der Waals surface area contributed by atoms with E-state index in [9.17, 15) is 65.9 Å². The van der Waals surface area contributed by atoms with Crippen LogP contribution in [0.3, 0.4) is 0 Å². The lowest BCUT2D eigenvalue weighted by atomic mass is 9.73. The first-order chi connectivity index (χ1) is 53.4. The van der Waals surface area contributed by atoms with Crippen molar-refractivity contribution < 1.29 is 128 Å². The third-order valence-corrected chi connectivity index (χ3v) is 27.9. The number of ether oxygens (including phenoxy) is 12. The van der Waals surface area contributed by atoms with Crippen molar-refractivity contribution >= 4 is 96.5 Å². The lowest BCUT2D eigenvalue weighted by Crippen LogP contribution is -2.61. The number of thioether (sulfide) groups is 2. The molecule has 0 bridgehead atoms. The van der Waals surface area contributed by atoms with Gasteiger partial charge >= 0.3 is 11.9 Å². The zero-order valence-corrected chi connectivity index (χ0v) is 79.4. The van der Waals surface area contributed by atoms with Crippen LogP contribution in [0.1, 0.15) is 197 Å². The number of rotatable bonds is 16. The number of likely N-dealkylation sites (N-methyl/N-ethyl adjacent to an activating group) is 2. The molecule has 16 unspecified atom stereocenters. The van der Waals surface area contributed by atoms with Crippen molar-refractivity contribution in [2.45, 2.75) is 380 Å². The molecule has 11 N–H and O–H groups in total. The number of methoxy groups -OCH3 is 2. The van der Waals surface area contributed by atoms with Gasteiger partial charge in [-0.2, -0.15) is 0 Å². The van der Waals surface area contributed by atoms with Gasteiger partial charge in [-0.15, -0.1) is 12.4 Å². The molecule has 7 heterocycles. The average Bonchev–Trinajstić information content (AvgIpc) is 1.13. The summed E-state index contributed by atoms with van der Waals surface area (Å²) in [4.78, 5) is 40.7. The van der Waals surface area contributed by atoms with Gasteiger partial charge in [0.05, 0.1) is 107 Å². The second kappa shape index (κ2) is 45.4. The van der Waals surface area contributed by atoms with Crippen LogP contribution in [0.15, 0.2) is 44.4 Å². The molecule has 0 spiro atoms. The summed E-state index contributed by atoms with van der Waals surface area (Å²) < 4.78 is 74.7. The summed E-state index contributed by atoms with van der Waals surface area (Å²) in [6.07, 6.45) is -18.9. The summed E-state index contributed by atoms with van der Waals surface area (Å²) in [6, 6.07) is 7.29. The third kappa shape index (κ3) is 25.6. The maximum Gasteiger partial charge on any atom is 0.311 e. The van der Waals surface area contributed by atoms with Crippen LogP contribution in [0.4, 0.5) is 0 Å². The van der Waals surface area contributed by atoms with Crippen molar-refractivity contribution in [3.05, 3.63) is 24.3 Å². The zero-order chi connectivity index (χ0) is 87.0. The standard InChI is InChI=1S/C44H72N2O13S2.C37H68N2O13.CH4.ClH.I2/c1-14-31-44(10,52)36(48)24(4)33(45-59-41-60-29-17-15-16-18-30(29)61-41)22(2)20-42(8,51)38(58-40-34(47)28(46(11)12)19-23(3)54-40)25(5)35(26(6)39(50)56-31)57-32-21-43(9,53-13)37(49)27(7)55-32;1-14-25-37(10,45)30(41)20(4)27(38-46)18(2)16-35(8,44)32(52-34-28(40)24(39(11)12)15-19(3)48-34)21(5)29(22(6)33(43)50-25)51-26-17-36(9,47-13)31(42)23(7)49-26;;;1-2/h15-18,22-28,31-32,34-38,40-41,47-49,51-52H,14,19-21H2,1-13H3;18-26,28-32,34,40-42,44-46H,14-17H2,1-13H3;1H4;1H;/b45-33+;38-27+;;;/t22-,23?,24+,25+,26-,27?,28?,31-,32?,34?,35+,36-,37?,38-,40?,42-,43?,44-;18-,19?,20+,21+,22-,23?,24?,25-,26?,28?,29+,30-,31?,32-,34?,35-,36?,37-;;;/m11.../s1. The molecule has 36 atom stereocenters. The first-order valence-electron chi connectivity index (χ1n) is 40.5. The number of carbonyl (C=O) groups is 2. The molecule has 7 aliphatic rings. The number of oxime groups is 2. The number of halogens is 3. The first kappa shape index (κ1) is 108. The van der Waals surface area contributed by atoms with Gasteiger partial charge in [-0.05, 0) is 162 Å². The molecule has 7 aliphatic heterocycles. The third-order valence-electron chi connectivity index (χ3n) is 25.4. The van der Waals surface area contributed by atoms with E-state index in [1.807, 2.05) is 83.0 Å². The number of aliphatic hydroxyl groups is 10. The summed E-state index contributed by atoms with van der Waals surface area (Å²) in [7, 11) is 10.4.